The maximum absolute atomic E-state index is 13.1. The van der Waals surface area contributed by atoms with Crippen LogP contribution in [0.1, 0.15) is 56.6 Å². The molecule has 1 N–H and O–H groups in total. The van der Waals surface area contributed by atoms with Crippen molar-refractivity contribution in [2.45, 2.75) is 58.3 Å². The van der Waals surface area contributed by atoms with Crippen LogP contribution in [0.15, 0.2) is 60.7 Å². The summed E-state index contributed by atoms with van der Waals surface area (Å²) in [7, 11) is 0. The second-order valence-corrected chi connectivity index (χ2v) is 9.27. The molecule has 1 aliphatic carbocycles. The molecule has 0 saturated heterocycles. The molecule has 0 aromatic heterocycles. The molecule has 34 heavy (non-hydrogen) atoms. The van der Waals surface area contributed by atoms with Gasteiger partial charge in [-0.3, -0.25) is 14.4 Å². The number of esters is 1. The van der Waals surface area contributed by atoms with Gasteiger partial charge in [0.05, 0.1) is 19.1 Å². The van der Waals surface area contributed by atoms with E-state index in [1.165, 1.54) is 5.56 Å². The largest absolute Gasteiger partial charge is 0.466 e. The zero-order valence-corrected chi connectivity index (χ0v) is 20.2. The number of aryl methyl sites for hydroxylation is 1. The summed E-state index contributed by atoms with van der Waals surface area (Å²) in [5, 5.41) is 2.89. The van der Waals surface area contributed by atoms with Crippen LogP contribution in [0.25, 0.3) is 0 Å². The van der Waals surface area contributed by atoms with E-state index in [4.69, 9.17) is 4.74 Å². The Kier molecular flexibility index (Phi) is 10.3. The summed E-state index contributed by atoms with van der Waals surface area (Å²) in [4.78, 5) is 38.1. The fourth-order valence-electron chi connectivity index (χ4n) is 4.92. The van der Waals surface area contributed by atoms with Crippen molar-refractivity contribution in [3.05, 3.63) is 71.8 Å². The van der Waals surface area contributed by atoms with Crippen LogP contribution in [0.5, 0.6) is 0 Å². The zero-order valence-electron chi connectivity index (χ0n) is 20.2. The number of ketones is 1. The maximum atomic E-state index is 13.1. The highest BCUT2D eigenvalue weighted by atomic mass is 16.5. The smallest absolute Gasteiger partial charge is 0.309 e. The van der Waals surface area contributed by atoms with Gasteiger partial charge in [-0.25, -0.2) is 0 Å². The lowest BCUT2D eigenvalue weighted by Gasteiger charge is -2.29. The van der Waals surface area contributed by atoms with Crippen LogP contribution in [0.4, 0.5) is 0 Å². The van der Waals surface area contributed by atoms with Gasteiger partial charge in [0, 0.05) is 12.3 Å². The number of hydrogen-bond acceptors (Lipinski definition) is 4. The van der Waals surface area contributed by atoms with Crippen LogP contribution in [-0.2, 0) is 32.0 Å². The third kappa shape index (κ3) is 8.12. The van der Waals surface area contributed by atoms with Gasteiger partial charge in [-0.2, -0.15) is 0 Å². The van der Waals surface area contributed by atoms with Gasteiger partial charge in [0.15, 0.2) is 5.78 Å². The van der Waals surface area contributed by atoms with Crippen molar-refractivity contribution in [2.24, 2.45) is 17.8 Å². The fraction of sp³-hybridized carbons (Fsp3) is 0.483. The van der Waals surface area contributed by atoms with Crippen LogP contribution in [-0.4, -0.2) is 30.8 Å². The molecule has 1 aliphatic rings. The predicted molar refractivity (Wildman–Crippen MR) is 133 cm³/mol. The van der Waals surface area contributed by atoms with Crippen LogP contribution in [0.3, 0.4) is 0 Å². The Morgan fingerprint density at radius 3 is 2.26 bits per heavy atom. The summed E-state index contributed by atoms with van der Waals surface area (Å²) in [6.07, 6.45) is 6.14. The number of carbonyl (C=O) groups is 3. The average Bonchev–Trinajstić information content (AvgIpc) is 2.87. The molecule has 0 heterocycles. The van der Waals surface area contributed by atoms with Gasteiger partial charge in [0.25, 0.3) is 0 Å². The molecule has 1 amide bonds. The number of Topliss-reactive ketones (excluding diaryl/α,β-unsaturated/α-hetero) is 1. The second-order valence-electron chi connectivity index (χ2n) is 9.27. The third-order valence-corrected chi connectivity index (χ3v) is 6.77. The molecule has 2 aromatic carbocycles. The van der Waals surface area contributed by atoms with E-state index in [0.29, 0.717) is 25.9 Å². The summed E-state index contributed by atoms with van der Waals surface area (Å²) < 4.78 is 5.22. The van der Waals surface area contributed by atoms with Gasteiger partial charge in [-0.15, -0.1) is 0 Å². The van der Waals surface area contributed by atoms with E-state index in [1.807, 2.05) is 48.5 Å². The predicted octanol–water partition coefficient (Wildman–Crippen LogP) is 4.92. The molecular weight excluding hydrogens is 426 g/mol. The van der Waals surface area contributed by atoms with Gasteiger partial charge < -0.3 is 10.1 Å². The Bertz CT molecular complexity index is 912. The van der Waals surface area contributed by atoms with E-state index in [1.54, 1.807) is 6.92 Å². The Balaban J connectivity index is 1.55. The van der Waals surface area contributed by atoms with Gasteiger partial charge in [-0.05, 0) is 56.1 Å². The van der Waals surface area contributed by atoms with Crippen molar-refractivity contribution in [3.63, 3.8) is 0 Å². The van der Waals surface area contributed by atoms with Gasteiger partial charge >= 0.3 is 5.97 Å². The number of carbonyl (C=O) groups excluding carboxylic acids is 3. The van der Waals surface area contributed by atoms with Crippen LogP contribution >= 0.6 is 0 Å². The molecule has 1 unspecified atom stereocenters. The fourth-order valence-corrected chi connectivity index (χ4v) is 4.92. The van der Waals surface area contributed by atoms with Crippen molar-refractivity contribution >= 4 is 17.7 Å². The number of nitrogens with one attached hydrogen (secondary N) is 1. The Morgan fingerprint density at radius 2 is 1.59 bits per heavy atom. The topological polar surface area (TPSA) is 72.5 Å². The normalized spacial score (nSPS) is 18.6. The molecule has 182 valence electrons. The number of amides is 1. The first-order valence-electron chi connectivity index (χ1n) is 12.6. The lowest BCUT2D eigenvalue weighted by Crippen LogP contribution is -2.37. The van der Waals surface area contributed by atoms with Gasteiger partial charge in [-0.1, -0.05) is 73.5 Å². The Hall–Kier alpha value is -2.95. The zero-order chi connectivity index (χ0) is 24.2. The van der Waals surface area contributed by atoms with E-state index in [2.05, 4.69) is 17.4 Å². The molecule has 5 heteroatoms. The second kappa shape index (κ2) is 13.7. The molecule has 0 bridgehead atoms. The molecule has 0 aliphatic heterocycles. The minimum atomic E-state index is -0.211. The Morgan fingerprint density at radius 1 is 0.941 bits per heavy atom. The van der Waals surface area contributed by atoms with Crippen LogP contribution in [0, 0.1) is 17.8 Å². The molecule has 0 radical (unpaired) electrons. The highest BCUT2D eigenvalue weighted by molar-refractivity contribution is 5.87. The summed E-state index contributed by atoms with van der Waals surface area (Å²) in [5.41, 5.74) is 2.31. The molecular formula is C29H37NO4. The lowest BCUT2D eigenvalue weighted by molar-refractivity contribution is -0.151. The number of hydrogen-bond donors (Lipinski definition) is 1. The maximum Gasteiger partial charge on any atom is 0.309 e. The average molecular weight is 464 g/mol. The molecule has 3 atom stereocenters. The van der Waals surface area contributed by atoms with Crippen molar-refractivity contribution in [2.75, 3.05) is 13.2 Å². The number of benzene rings is 2. The lowest BCUT2D eigenvalue weighted by atomic mass is 9.76. The summed E-state index contributed by atoms with van der Waals surface area (Å²) in [5.74, 6) is -0.694. The minimum absolute atomic E-state index is 0.00963. The van der Waals surface area contributed by atoms with E-state index in [0.717, 1.165) is 37.7 Å². The molecule has 3 rings (SSSR count). The first kappa shape index (κ1) is 25.7. The molecule has 2 aromatic rings. The van der Waals surface area contributed by atoms with Crippen LogP contribution < -0.4 is 5.32 Å². The van der Waals surface area contributed by atoms with E-state index < -0.39 is 0 Å². The summed E-state index contributed by atoms with van der Waals surface area (Å²) in [6.45, 7) is 2.18. The Labute approximate surface area is 203 Å². The molecule has 5 nitrogen and oxygen atoms in total. The van der Waals surface area contributed by atoms with E-state index >= 15 is 0 Å². The first-order valence-corrected chi connectivity index (χ1v) is 12.6. The third-order valence-electron chi connectivity index (χ3n) is 6.77. The quantitative estimate of drug-likeness (QED) is 0.453. The van der Waals surface area contributed by atoms with E-state index in [9.17, 15) is 14.4 Å². The number of ether oxygens (including phenoxy) is 1. The van der Waals surface area contributed by atoms with E-state index in [-0.39, 0.29) is 42.0 Å². The molecule has 1 saturated carbocycles. The highest BCUT2D eigenvalue weighted by Gasteiger charge is 2.33. The first-order chi connectivity index (χ1) is 16.6. The SMILES string of the molecule is CCOC(=O)[C@@H]1CCCC[C@H]1CC(=O)CNC(=O)C(CCc1ccccc1)Cc1ccccc1. The summed E-state index contributed by atoms with van der Waals surface area (Å²) in [6, 6.07) is 20.2. The van der Waals surface area contributed by atoms with Crippen molar-refractivity contribution in [1.29, 1.82) is 0 Å². The number of rotatable bonds is 12. The molecule has 0 spiro atoms. The summed E-state index contributed by atoms with van der Waals surface area (Å²) >= 11 is 0. The van der Waals surface area contributed by atoms with Gasteiger partial charge in [0.1, 0.15) is 0 Å². The monoisotopic (exact) mass is 463 g/mol. The van der Waals surface area contributed by atoms with Gasteiger partial charge in [0.2, 0.25) is 5.91 Å². The molecule has 1 fully saturated rings. The highest BCUT2D eigenvalue weighted by Crippen LogP contribution is 2.33. The van der Waals surface area contributed by atoms with Crippen molar-refractivity contribution in [3.8, 4) is 0 Å². The standard InChI is InChI=1S/C29H37NO4/c1-2-34-29(33)27-16-10-9-15-24(27)20-26(31)21-30-28(32)25(19-23-13-7-4-8-14-23)18-17-22-11-5-3-6-12-22/h3-8,11-14,24-25,27H,2,9-10,15-21H2,1H3,(H,30,32)/t24-,25?,27+/m0/s1. The van der Waals surface area contributed by atoms with Crippen LogP contribution in [0.2, 0.25) is 0 Å². The van der Waals surface area contributed by atoms with Crippen molar-refractivity contribution < 1.29 is 19.1 Å². The minimum Gasteiger partial charge on any atom is -0.466 e. The van der Waals surface area contributed by atoms with Crippen molar-refractivity contribution in [1.82, 2.24) is 5.32 Å².